The average molecular weight is 391 g/mol. The summed E-state index contributed by atoms with van der Waals surface area (Å²) in [6.07, 6.45) is 4.88. The summed E-state index contributed by atoms with van der Waals surface area (Å²) in [5, 5.41) is 4.34. The predicted molar refractivity (Wildman–Crippen MR) is 112 cm³/mol. The number of pyridine rings is 2. The van der Waals surface area contributed by atoms with E-state index in [1.165, 1.54) is 0 Å². The molecule has 0 aliphatic carbocycles. The van der Waals surface area contributed by atoms with Crippen LogP contribution in [0.5, 0.6) is 0 Å². The van der Waals surface area contributed by atoms with Crippen molar-refractivity contribution in [3.05, 3.63) is 76.5 Å². The van der Waals surface area contributed by atoms with Crippen molar-refractivity contribution in [2.75, 3.05) is 6.61 Å². The quantitative estimate of drug-likeness (QED) is 0.742. The standard InChI is InChI=1S/C23H25N3O3/c1-23(2)13-16(10-12-29-23)25-21(27)20-15-26(14-17-7-5-6-11-24-17)22(28)19-9-4-3-8-18(19)20/h3-9,11,15-16H,10,12-14H2,1-2H3,(H,25,27)/t16-/m0/s1. The largest absolute Gasteiger partial charge is 0.375 e. The lowest BCUT2D eigenvalue weighted by atomic mass is 9.93. The number of hydrogen-bond acceptors (Lipinski definition) is 4. The van der Waals surface area contributed by atoms with Crippen molar-refractivity contribution in [2.45, 2.75) is 44.9 Å². The lowest BCUT2D eigenvalue weighted by molar-refractivity contribution is -0.0615. The van der Waals surface area contributed by atoms with Crippen molar-refractivity contribution in [3.8, 4) is 0 Å². The molecule has 3 aromatic rings. The van der Waals surface area contributed by atoms with E-state index >= 15 is 0 Å². The van der Waals surface area contributed by atoms with E-state index in [2.05, 4.69) is 10.3 Å². The molecule has 1 atom stereocenters. The van der Waals surface area contributed by atoms with Crippen LogP contribution in [0.15, 0.2) is 59.7 Å². The smallest absolute Gasteiger partial charge is 0.258 e. The molecule has 1 N–H and O–H groups in total. The second-order valence-electron chi connectivity index (χ2n) is 8.11. The Labute approximate surface area is 169 Å². The van der Waals surface area contributed by atoms with Gasteiger partial charge in [0.2, 0.25) is 0 Å². The van der Waals surface area contributed by atoms with E-state index in [9.17, 15) is 9.59 Å². The number of fused-ring (bicyclic) bond motifs is 1. The molecule has 4 rings (SSSR count). The van der Waals surface area contributed by atoms with Gasteiger partial charge in [-0.2, -0.15) is 0 Å². The number of carbonyl (C=O) groups excluding carboxylic acids is 1. The van der Waals surface area contributed by atoms with Gasteiger partial charge in [0.1, 0.15) is 0 Å². The van der Waals surface area contributed by atoms with Crippen LogP contribution < -0.4 is 10.9 Å². The average Bonchev–Trinajstić information content (AvgIpc) is 2.70. The molecule has 1 fully saturated rings. The molecule has 150 valence electrons. The van der Waals surface area contributed by atoms with Gasteiger partial charge in [-0.15, -0.1) is 0 Å². The maximum Gasteiger partial charge on any atom is 0.258 e. The highest BCUT2D eigenvalue weighted by Crippen LogP contribution is 2.24. The van der Waals surface area contributed by atoms with E-state index in [4.69, 9.17) is 4.74 Å². The Hall–Kier alpha value is -2.99. The molecule has 1 aliphatic heterocycles. The Kier molecular flexibility index (Phi) is 5.20. The minimum atomic E-state index is -0.254. The predicted octanol–water partition coefficient (Wildman–Crippen LogP) is 3.13. The zero-order valence-corrected chi connectivity index (χ0v) is 16.7. The van der Waals surface area contributed by atoms with E-state index in [1.807, 2.05) is 50.2 Å². The summed E-state index contributed by atoms with van der Waals surface area (Å²) in [6, 6.07) is 12.9. The second kappa shape index (κ2) is 7.79. The summed E-state index contributed by atoms with van der Waals surface area (Å²) in [5.74, 6) is -0.168. The first-order chi connectivity index (χ1) is 13.9. The Morgan fingerprint density at radius 1 is 1.21 bits per heavy atom. The van der Waals surface area contributed by atoms with Crippen molar-refractivity contribution in [1.29, 1.82) is 0 Å². The Balaban J connectivity index is 1.70. The summed E-state index contributed by atoms with van der Waals surface area (Å²) in [6.45, 7) is 5.01. The normalized spacial score (nSPS) is 18.5. The third-order valence-corrected chi connectivity index (χ3v) is 5.33. The Bertz CT molecular complexity index is 1090. The number of benzene rings is 1. The van der Waals surface area contributed by atoms with Crippen LogP contribution in [0.25, 0.3) is 10.8 Å². The molecule has 0 saturated carbocycles. The number of nitrogens with one attached hydrogen (secondary N) is 1. The van der Waals surface area contributed by atoms with Gasteiger partial charge >= 0.3 is 0 Å². The third-order valence-electron chi connectivity index (χ3n) is 5.33. The van der Waals surface area contributed by atoms with Crippen molar-refractivity contribution < 1.29 is 9.53 Å². The molecule has 0 unspecified atom stereocenters. The number of rotatable bonds is 4. The highest BCUT2D eigenvalue weighted by molar-refractivity contribution is 6.06. The number of ether oxygens (including phenoxy) is 1. The van der Waals surface area contributed by atoms with Crippen LogP contribution in [0.2, 0.25) is 0 Å². The first-order valence-electron chi connectivity index (χ1n) is 9.90. The summed E-state index contributed by atoms with van der Waals surface area (Å²) < 4.78 is 7.31. The van der Waals surface area contributed by atoms with Crippen LogP contribution >= 0.6 is 0 Å². The van der Waals surface area contributed by atoms with Crippen molar-refractivity contribution in [3.63, 3.8) is 0 Å². The molecule has 3 heterocycles. The maximum absolute atomic E-state index is 13.2. The molecule has 29 heavy (non-hydrogen) atoms. The van der Waals surface area contributed by atoms with E-state index < -0.39 is 0 Å². The van der Waals surface area contributed by atoms with Gasteiger partial charge in [-0.25, -0.2) is 0 Å². The van der Waals surface area contributed by atoms with Crippen LogP contribution in [0.1, 0.15) is 42.7 Å². The Morgan fingerprint density at radius 2 is 1.97 bits per heavy atom. The molecule has 0 bridgehead atoms. The molecule has 1 amide bonds. The van der Waals surface area contributed by atoms with Gasteiger partial charge in [-0.1, -0.05) is 24.3 Å². The molecular formula is C23H25N3O3. The minimum absolute atomic E-state index is 0.0428. The van der Waals surface area contributed by atoms with Crippen LogP contribution in [0.3, 0.4) is 0 Å². The number of nitrogens with zero attached hydrogens (tertiary/aromatic N) is 2. The van der Waals surface area contributed by atoms with Gasteiger partial charge in [0, 0.05) is 35.8 Å². The van der Waals surface area contributed by atoms with Crippen LogP contribution in [0, 0.1) is 0 Å². The van der Waals surface area contributed by atoms with E-state index in [1.54, 1.807) is 23.0 Å². The Morgan fingerprint density at radius 3 is 2.69 bits per heavy atom. The van der Waals surface area contributed by atoms with Crippen molar-refractivity contribution in [2.24, 2.45) is 0 Å². The zero-order valence-electron chi connectivity index (χ0n) is 16.7. The van der Waals surface area contributed by atoms with Crippen LogP contribution in [0.4, 0.5) is 0 Å². The van der Waals surface area contributed by atoms with Crippen molar-refractivity contribution >= 4 is 16.7 Å². The lowest BCUT2D eigenvalue weighted by Gasteiger charge is -2.35. The second-order valence-corrected chi connectivity index (χ2v) is 8.11. The van der Waals surface area contributed by atoms with Crippen molar-refractivity contribution in [1.82, 2.24) is 14.9 Å². The number of aromatic nitrogens is 2. The molecule has 0 spiro atoms. The molecule has 0 radical (unpaired) electrons. The van der Waals surface area contributed by atoms with E-state index in [-0.39, 0.29) is 23.1 Å². The summed E-state index contributed by atoms with van der Waals surface area (Å²) in [7, 11) is 0. The fraction of sp³-hybridized carbons (Fsp3) is 0.348. The van der Waals surface area contributed by atoms with E-state index in [0.717, 1.165) is 18.5 Å². The molecule has 2 aromatic heterocycles. The molecular weight excluding hydrogens is 366 g/mol. The fourth-order valence-electron chi connectivity index (χ4n) is 3.93. The highest BCUT2D eigenvalue weighted by Gasteiger charge is 2.30. The minimum Gasteiger partial charge on any atom is -0.375 e. The van der Waals surface area contributed by atoms with Gasteiger partial charge in [0.05, 0.1) is 23.4 Å². The summed E-state index contributed by atoms with van der Waals surface area (Å²) in [5.41, 5.74) is 0.883. The molecule has 1 aliphatic rings. The van der Waals surface area contributed by atoms with Gasteiger partial charge in [0.15, 0.2) is 0 Å². The van der Waals surface area contributed by atoms with Gasteiger partial charge in [-0.3, -0.25) is 14.6 Å². The van der Waals surface area contributed by atoms with Gasteiger partial charge in [0.25, 0.3) is 11.5 Å². The zero-order chi connectivity index (χ0) is 20.4. The third kappa shape index (κ3) is 4.22. The van der Waals surface area contributed by atoms with Crippen LogP contribution in [-0.4, -0.2) is 33.7 Å². The van der Waals surface area contributed by atoms with Gasteiger partial charge < -0.3 is 14.6 Å². The maximum atomic E-state index is 13.2. The van der Waals surface area contributed by atoms with Crippen LogP contribution in [-0.2, 0) is 11.3 Å². The monoisotopic (exact) mass is 391 g/mol. The topological polar surface area (TPSA) is 73.2 Å². The van der Waals surface area contributed by atoms with E-state index in [0.29, 0.717) is 29.5 Å². The number of amides is 1. The first kappa shape index (κ1) is 19.3. The summed E-state index contributed by atoms with van der Waals surface area (Å²) in [4.78, 5) is 30.4. The lowest BCUT2D eigenvalue weighted by Crippen LogP contribution is -2.46. The molecule has 1 aromatic carbocycles. The SMILES string of the molecule is CC1(C)C[C@@H](NC(=O)c2cn(Cc3ccccn3)c(=O)c3ccccc23)CCO1. The number of carbonyl (C=O) groups is 1. The molecule has 1 saturated heterocycles. The molecule has 6 nitrogen and oxygen atoms in total. The fourth-order valence-corrected chi connectivity index (χ4v) is 3.93. The highest BCUT2D eigenvalue weighted by atomic mass is 16.5. The number of hydrogen-bond donors (Lipinski definition) is 1. The first-order valence-corrected chi connectivity index (χ1v) is 9.90. The van der Waals surface area contributed by atoms with Gasteiger partial charge in [-0.05, 0) is 44.9 Å². The molecule has 6 heteroatoms. The summed E-state index contributed by atoms with van der Waals surface area (Å²) >= 11 is 0.